The Bertz CT molecular complexity index is 98.6. The molecule has 0 aliphatic carbocycles. The normalized spacial score (nSPS) is 10.2. The Kier molecular flexibility index (Phi) is 2.19. The van der Waals surface area contributed by atoms with Gasteiger partial charge in [-0.1, -0.05) is 6.58 Å². The summed E-state index contributed by atoms with van der Waals surface area (Å²) in [6.07, 6.45) is 1.51. The molecule has 0 heterocycles. The minimum absolute atomic E-state index is 0.623. The van der Waals surface area contributed by atoms with Crippen LogP contribution >= 0.6 is 0 Å². The molecule has 0 saturated heterocycles. The van der Waals surface area contributed by atoms with E-state index in [2.05, 4.69) is 16.8 Å². The largest absolute Gasteiger partial charge is 0.354 e. The van der Waals surface area contributed by atoms with E-state index in [4.69, 9.17) is 0 Å². The summed E-state index contributed by atoms with van der Waals surface area (Å²) in [7, 11) is 0. The molecule has 8 heavy (non-hydrogen) atoms. The first-order valence-electron chi connectivity index (χ1n) is 2.27. The van der Waals surface area contributed by atoms with Gasteiger partial charge in [-0.05, 0) is 19.9 Å². The first-order chi connectivity index (χ1) is 3.62. The van der Waals surface area contributed by atoms with Crippen LogP contribution in [0.3, 0.4) is 0 Å². The number of hydrogen-bond acceptors (Lipinski definition) is 3. The smallest absolute Gasteiger partial charge is 0.156 e. The molecule has 0 aromatic heterocycles. The SMILES string of the molecule is C=CC(C)(C)ON=O. The van der Waals surface area contributed by atoms with Crippen LogP contribution in [0.4, 0.5) is 0 Å². The van der Waals surface area contributed by atoms with E-state index < -0.39 is 5.60 Å². The van der Waals surface area contributed by atoms with Crippen LogP contribution in [-0.4, -0.2) is 5.60 Å². The average Bonchev–Trinajstić information content (AvgIpc) is 1.67. The monoisotopic (exact) mass is 115 g/mol. The Balaban J connectivity index is 3.70. The van der Waals surface area contributed by atoms with E-state index in [-0.39, 0.29) is 0 Å². The third-order valence-corrected chi connectivity index (χ3v) is 0.764. The lowest BCUT2D eigenvalue weighted by atomic mass is 10.1. The van der Waals surface area contributed by atoms with Crippen LogP contribution in [-0.2, 0) is 4.84 Å². The molecule has 0 atom stereocenters. The van der Waals surface area contributed by atoms with Crippen LogP contribution < -0.4 is 0 Å². The van der Waals surface area contributed by atoms with Gasteiger partial charge in [0.1, 0.15) is 0 Å². The molecule has 46 valence electrons. The summed E-state index contributed by atoms with van der Waals surface area (Å²) in [5.41, 5.74) is -0.623. The zero-order chi connectivity index (χ0) is 6.62. The van der Waals surface area contributed by atoms with E-state index >= 15 is 0 Å². The van der Waals surface area contributed by atoms with Gasteiger partial charge in [-0.3, -0.25) is 0 Å². The van der Waals surface area contributed by atoms with E-state index in [1.807, 2.05) is 0 Å². The summed E-state index contributed by atoms with van der Waals surface area (Å²) in [4.78, 5) is 13.8. The lowest BCUT2D eigenvalue weighted by Gasteiger charge is -2.12. The number of nitrogens with zero attached hydrogens (tertiary/aromatic N) is 1. The highest BCUT2D eigenvalue weighted by atomic mass is 16.7. The van der Waals surface area contributed by atoms with Crippen LogP contribution in [0.25, 0.3) is 0 Å². The van der Waals surface area contributed by atoms with Crippen molar-refractivity contribution in [3.8, 4) is 0 Å². The maximum Gasteiger partial charge on any atom is 0.156 e. The summed E-state index contributed by atoms with van der Waals surface area (Å²) in [6.45, 7) is 6.82. The maximum absolute atomic E-state index is 9.46. The van der Waals surface area contributed by atoms with Gasteiger partial charge in [-0.15, -0.1) is 4.91 Å². The van der Waals surface area contributed by atoms with E-state index in [0.29, 0.717) is 0 Å². The second-order valence-corrected chi connectivity index (χ2v) is 1.97. The number of rotatable bonds is 3. The minimum Gasteiger partial charge on any atom is -0.354 e. The van der Waals surface area contributed by atoms with E-state index in [1.54, 1.807) is 13.8 Å². The second kappa shape index (κ2) is 2.45. The van der Waals surface area contributed by atoms with Gasteiger partial charge in [0.05, 0.1) is 0 Å². The highest BCUT2D eigenvalue weighted by Gasteiger charge is 2.13. The quantitative estimate of drug-likeness (QED) is 0.318. The van der Waals surface area contributed by atoms with Crippen molar-refractivity contribution >= 4 is 0 Å². The van der Waals surface area contributed by atoms with Gasteiger partial charge >= 0.3 is 0 Å². The zero-order valence-corrected chi connectivity index (χ0v) is 5.05. The minimum atomic E-state index is -0.623. The Hall–Kier alpha value is -0.860. The topological polar surface area (TPSA) is 38.7 Å². The van der Waals surface area contributed by atoms with E-state index in [1.165, 1.54) is 6.08 Å². The zero-order valence-electron chi connectivity index (χ0n) is 5.05. The van der Waals surface area contributed by atoms with Crippen molar-refractivity contribution in [1.29, 1.82) is 0 Å². The van der Waals surface area contributed by atoms with Crippen molar-refractivity contribution in [1.82, 2.24) is 0 Å². The summed E-state index contributed by atoms with van der Waals surface area (Å²) in [6, 6.07) is 0. The highest BCUT2D eigenvalue weighted by Crippen LogP contribution is 2.08. The van der Waals surface area contributed by atoms with Crippen LogP contribution in [0.1, 0.15) is 13.8 Å². The molecule has 0 aliphatic rings. The van der Waals surface area contributed by atoms with Crippen molar-refractivity contribution in [2.45, 2.75) is 19.4 Å². The molecule has 0 amide bonds. The first kappa shape index (κ1) is 7.14. The molecule has 0 unspecified atom stereocenters. The molecule has 0 fully saturated rings. The Labute approximate surface area is 48.3 Å². The summed E-state index contributed by atoms with van der Waals surface area (Å²) in [5, 5.41) is 2.26. The highest BCUT2D eigenvalue weighted by molar-refractivity contribution is 4.88. The third kappa shape index (κ3) is 2.34. The van der Waals surface area contributed by atoms with Gasteiger partial charge in [0.15, 0.2) is 10.9 Å². The van der Waals surface area contributed by atoms with Crippen molar-refractivity contribution in [3.63, 3.8) is 0 Å². The van der Waals surface area contributed by atoms with Crippen molar-refractivity contribution in [2.75, 3.05) is 0 Å². The lowest BCUT2D eigenvalue weighted by Crippen LogP contribution is -2.16. The van der Waals surface area contributed by atoms with Gasteiger partial charge < -0.3 is 4.84 Å². The molecule has 0 N–H and O–H groups in total. The number of hydrogen-bond donors (Lipinski definition) is 0. The van der Waals surface area contributed by atoms with Gasteiger partial charge in [0.2, 0.25) is 0 Å². The molecule has 0 aromatic rings. The third-order valence-electron chi connectivity index (χ3n) is 0.764. The van der Waals surface area contributed by atoms with Gasteiger partial charge in [0.25, 0.3) is 0 Å². The van der Waals surface area contributed by atoms with Gasteiger partial charge in [-0.2, -0.15) is 0 Å². The van der Waals surface area contributed by atoms with Crippen molar-refractivity contribution < 1.29 is 4.84 Å². The molecular weight excluding hydrogens is 106 g/mol. The van der Waals surface area contributed by atoms with Gasteiger partial charge in [0, 0.05) is 0 Å². The molecule has 0 saturated carbocycles. The standard InChI is InChI=1S/C5H9NO2/c1-4-5(2,3)8-6-7/h4H,1H2,2-3H3. The Morgan fingerprint density at radius 2 is 2.25 bits per heavy atom. The Morgan fingerprint density at radius 1 is 1.75 bits per heavy atom. The molecule has 0 aliphatic heterocycles. The molecular formula is C5H9NO2. The molecule has 3 heteroatoms. The van der Waals surface area contributed by atoms with Crippen LogP contribution in [0.15, 0.2) is 18.0 Å². The molecule has 0 aromatic carbocycles. The molecule has 0 radical (unpaired) electrons. The Morgan fingerprint density at radius 3 is 2.38 bits per heavy atom. The van der Waals surface area contributed by atoms with Crippen molar-refractivity contribution in [3.05, 3.63) is 17.6 Å². The fourth-order valence-corrected chi connectivity index (χ4v) is 0.133. The molecule has 0 spiro atoms. The molecule has 0 bridgehead atoms. The summed E-state index contributed by atoms with van der Waals surface area (Å²) >= 11 is 0. The van der Waals surface area contributed by atoms with E-state index in [9.17, 15) is 4.91 Å². The molecule has 0 rings (SSSR count). The molecule has 3 nitrogen and oxygen atoms in total. The van der Waals surface area contributed by atoms with Gasteiger partial charge in [-0.25, -0.2) is 0 Å². The second-order valence-electron chi connectivity index (χ2n) is 1.97. The fourth-order valence-electron chi connectivity index (χ4n) is 0.133. The predicted molar refractivity (Wildman–Crippen MR) is 31.2 cm³/mol. The lowest BCUT2D eigenvalue weighted by molar-refractivity contribution is 0.0210. The first-order valence-corrected chi connectivity index (χ1v) is 2.27. The predicted octanol–water partition coefficient (Wildman–Crippen LogP) is 1.65. The average molecular weight is 115 g/mol. The summed E-state index contributed by atoms with van der Waals surface area (Å²) < 4.78 is 0. The van der Waals surface area contributed by atoms with Crippen LogP contribution in [0.2, 0.25) is 0 Å². The fraction of sp³-hybridized carbons (Fsp3) is 0.600. The van der Waals surface area contributed by atoms with E-state index in [0.717, 1.165) is 0 Å². The van der Waals surface area contributed by atoms with Crippen LogP contribution in [0, 0.1) is 4.91 Å². The summed E-state index contributed by atoms with van der Waals surface area (Å²) in [5.74, 6) is 0. The van der Waals surface area contributed by atoms with Crippen LogP contribution in [0.5, 0.6) is 0 Å². The maximum atomic E-state index is 9.46. The van der Waals surface area contributed by atoms with Crippen molar-refractivity contribution in [2.24, 2.45) is 5.34 Å².